The second kappa shape index (κ2) is 10.4. The molecule has 2 amide bonds. The molecule has 4 rings (SSSR count). The summed E-state index contributed by atoms with van der Waals surface area (Å²) in [5, 5.41) is 14.9. The Balaban J connectivity index is 1.54. The number of nitrogens with one attached hydrogen (secondary N) is 2. The minimum absolute atomic E-state index is 0.0888. The molecule has 1 fully saturated rings. The molecule has 1 aromatic carbocycles. The summed E-state index contributed by atoms with van der Waals surface area (Å²) in [6.45, 7) is 5.88. The molecule has 3 heterocycles. The van der Waals surface area contributed by atoms with Crippen molar-refractivity contribution in [2.75, 3.05) is 26.7 Å². The van der Waals surface area contributed by atoms with Crippen LogP contribution in [0.25, 0.3) is 22.3 Å². The van der Waals surface area contributed by atoms with Gasteiger partial charge in [-0.15, -0.1) is 0 Å². The van der Waals surface area contributed by atoms with Gasteiger partial charge in [0.15, 0.2) is 0 Å². The fraction of sp³-hybridized carbons (Fsp3) is 0.346. The van der Waals surface area contributed by atoms with E-state index >= 15 is 4.39 Å². The summed E-state index contributed by atoms with van der Waals surface area (Å²) in [5.74, 6) is -0.741. The van der Waals surface area contributed by atoms with Gasteiger partial charge in [0, 0.05) is 55.8 Å². The highest BCUT2D eigenvalue weighted by Gasteiger charge is 2.30. The van der Waals surface area contributed by atoms with Crippen LogP contribution >= 0.6 is 0 Å². The molecule has 11 heteroatoms. The number of carbonyl (C=O) groups is 2. The Morgan fingerprint density at radius 1 is 1.27 bits per heavy atom. The number of halogens is 1. The van der Waals surface area contributed by atoms with Gasteiger partial charge in [-0.05, 0) is 32.9 Å². The minimum Gasteiger partial charge on any atom is -0.444 e. The molecule has 0 atom stereocenters. The molecule has 0 unspecified atom stereocenters. The summed E-state index contributed by atoms with van der Waals surface area (Å²) in [7, 11) is 1.73. The van der Waals surface area contributed by atoms with E-state index in [0.29, 0.717) is 40.1 Å². The lowest BCUT2D eigenvalue weighted by Gasteiger charge is -2.35. The van der Waals surface area contributed by atoms with E-state index in [1.165, 1.54) is 22.1 Å². The van der Waals surface area contributed by atoms with Crippen molar-refractivity contribution in [1.82, 2.24) is 29.7 Å². The summed E-state index contributed by atoms with van der Waals surface area (Å²) in [6.07, 6.45) is 5.63. The third-order valence-corrected chi connectivity index (χ3v) is 5.80. The number of benzene rings is 1. The van der Waals surface area contributed by atoms with Crippen LogP contribution in [0.5, 0.6) is 0 Å². The van der Waals surface area contributed by atoms with E-state index in [0.717, 1.165) is 0 Å². The normalized spacial score (nSPS) is 14.7. The van der Waals surface area contributed by atoms with Gasteiger partial charge in [-0.3, -0.25) is 9.69 Å². The van der Waals surface area contributed by atoms with Gasteiger partial charge < -0.3 is 20.4 Å². The SMILES string of the molecule is CN/C=C(\C=N)c1cn2nccc2c(-c2ccc(CN3CCN(C(=O)OC(C)(C)C)CC3=O)c(F)c2)n1. The van der Waals surface area contributed by atoms with Crippen LogP contribution in [-0.4, -0.2) is 74.9 Å². The fourth-order valence-electron chi connectivity index (χ4n) is 4.01. The van der Waals surface area contributed by atoms with Gasteiger partial charge in [0.2, 0.25) is 5.91 Å². The van der Waals surface area contributed by atoms with Gasteiger partial charge in [0.25, 0.3) is 0 Å². The highest BCUT2D eigenvalue weighted by atomic mass is 19.1. The van der Waals surface area contributed by atoms with Crippen molar-refractivity contribution in [2.24, 2.45) is 0 Å². The minimum atomic E-state index is -0.650. The molecule has 0 aliphatic carbocycles. The number of hydrogen-bond donors (Lipinski definition) is 2. The Kier molecular flexibility index (Phi) is 7.23. The highest BCUT2D eigenvalue weighted by Crippen LogP contribution is 2.27. The van der Waals surface area contributed by atoms with Crippen LogP contribution in [0.4, 0.5) is 9.18 Å². The standard InChI is InChI=1S/C26H30FN7O3/c1-26(2,3)37-25(36)33-10-9-32(23(35)16-33)14-18-6-5-17(11-20(18)27)24-22-7-8-30-34(22)15-21(31-24)19(12-28)13-29-4/h5-8,11-13,15,28-29H,9-10,14,16H2,1-4H3/b19-13+,28-12?. The quantitative estimate of drug-likeness (QED) is 0.495. The summed E-state index contributed by atoms with van der Waals surface area (Å²) < 4.78 is 22.2. The number of amides is 2. The van der Waals surface area contributed by atoms with Gasteiger partial charge in [-0.2, -0.15) is 5.10 Å². The van der Waals surface area contributed by atoms with Gasteiger partial charge in [0.1, 0.15) is 18.0 Å². The number of rotatable bonds is 6. The van der Waals surface area contributed by atoms with Crippen molar-refractivity contribution in [1.29, 1.82) is 5.41 Å². The van der Waals surface area contributed by atoms with Gasteiger partial charge in [-0.25, -0.2) is 18.7 Å². The molecular formula is C26H30FN7O3. The largest absolute Gasteiger partial charge is 0.444 e. The number of piperazine rings is 1. The van der Waals surface area contributed by atoms with E-state index in [-0.39, 0.29) is 25.5 Å². The molecule has 10 nitrogen and oxygen atoms in total. The van der Waals surface area contributed by atoms with E-state index < -0.39 is 17.5 Å². The number of hydrogen-bond acceptors (Lipinski definition) is 7. The van der Waals surface area contributed by atoms with Crippen molar-refractivity contribution in [3.05, 3.63) is 59.9 Å². The second-order valence-electron chi connectivity index (χ2n) is 9.69. The zero-order valence-corrected chi connectivity index (χ0v) is 21.3. The predicted octanol–water partition coefficient (Wildman–Crippen LogP) is 3.32. The average molecular weight is 508 g/mol. The fourth-order valence-corrected chi connectivity index (χ4v) is 4.01. The number of nitrogens with zero attached hydrogens (tertiary/aromatic N) is 5. The third-order valence-electron chi connectivity index (χ3n) is 5.80. The Labute approximate surface area is 214 Å². The lowest BCUT2D eigenvalue weighted by Crippen LogP contribution is -2.52. The number of fused-ring (bicyclic) bond motifs is 1. The van der Waals surface area contributed by atoms with Crippen LogP contribution in [0.2, 0.25) is 0 Å². The van der Waals surface area contributed by atoms with Crippen LogP contribution in [0.3, 0.4) is 0 Å². The summed E-state index contributed by atoms with van der Waals surface area (Å²) in [6, 6.07) is 6.57. The molecule has 2 N–H and O–H groups in total. The van der Waals surface area contributed by atoms with Gasteiger partial charge in [-0.1, -0.05) is 12.1 Å². The maximum atomic E-state index is 15.3. The molecule has 0 radical (unpaired) electrons. The molecule has 1 saturated heterocycles. The molecular weight excluding hydrogens is 477 g/mol. The first-order chi connectivity index (χ1) is 17.6. The van der Waals surface area contributed by atoms with Crippen LogP contribution in [0.15, 0.2) is 42.9 Å². The van der Waals surface area contributed by atoms with Crippen LogP contribution < -0.4 is 5.32 Å². The number of aromatic nitrogens is 3. The summed E-state index contributed by atoms with van der Waals surface area (Å²) >= 11 is 0. The average Bonchev–Trinajstić information content (AvgIpc) is 3.32. The van der Waals surface area contributed by atoms with Crippen LogP contribution in [-0.2, 0) is 16.1 Å². The molecule has 1 aliphatic rings. The molecule has 1 aliphatic heterocycles. The Hall–Kier alpha value is -4.28. The first kappa shape index (κ1) is 25.8. The van der Waals surface area contributed by atoms with Crippen molar-refractivity contribution < 1.29 is 18.7 Å². The monoisotopic (exact) mass is 507 g/mol. The lowest BCUT2D eigenvalue weighted by molar-refractivity contribution is -0.136. The Morgan fingerprint density at radius 3 is 2.70 bits per heavy atom. The molecule has 3 aromatic rings. The van der Waals surface area contributed by atoms with Crippen LogP contribution in [0, 0.1) is 11.2 Å². The predicted molar refractivity (Wildman–Crippen MR) is 137 cm³/mol. The second-order valence-corrected chi connectivity index (χ2v) is 9.69. The number of carbonyl (C=O) groups excluding carboxylic acids is 2. The lowest BCUT2D eigenvalue weighted by atomic mass is 10.1. The van der Waals surface area contributed by atoms with Crippen molar-refractivity contribution in [2.45, 2.75) is 32.9 Å². The smallest absolute Gasteiger partial charge is 0.410 e. The van der Waals surface area contributed by atoms with E-state index in [2.05, 4.69) is 15.4 Å². The Bertz CT molecular complexity index is 1380. The molecule has 0 spiro atoms. The molecule has 0 bridgehead atoms. The summed E-state index contributed by atoms with van der Waals surface area (Å²) in [5.41, 5.74) is 2.52. The zero-order chi connectivity index (χ0) is 26.7. The first-order valence-electron chi connectivity index (χ1n) is 11.9. The van der Waals surface area contributed by atoms with Crippen LogP contribution in [0.1, 0.15) is 32.0 Å². The molecule has 37 heavy (non-hydrogen) atoms. The maximum Gasteiger partial charge on any atom is 0.410 e. The van der Waals surface area contributed by atoms with Crippen molar-refractivity contribution in [3.63, 3.8) is 0 Å². The highest BCUT2D eigenvalue weighted by molar-refractivity contribution is 6.07. The molecule has 194 valence electrons. The first-order valence-corrected chi connectivity index (χ1v) is 11.9. The van der Waals surface area contributed by atoms with E-state index in [4.69, 9.17) is 10.1 Å². The van der Waals surface area contributed by atoms with E-state index in [1.54, 1.807) is 69.1 Å². The van der Waals surface area contributed by atoms with Crippen molar-refractivity contribution >= 4 is 29.3 Å². The summed E-state index contributed by atoms with van der Waals surface area (Å²) in [4.78, 5) is 32.6. The molecule has 2 aromatic heterocycles. The van der Waals surface area contributed by atoms with Crippen molar-refractivity contribution in [3.8, 4) is 11.3 Å². The topological polar surface area (TPSA) is 116 Å². The van der Waals surface area contributed by atoms with Gasteiger partial charge >= 0.3 is 6.09 Å². The van der Waals surface area contributed by atoms with E-state index in [9.17, 15) is 9.59 Å². The Morgan fingerprint density at radius 2 is 2.05 bits per heavy atom. The zero-order valence-electron chi connectivity index (χ0n) is 21.3. The van der Waals surface area contributed by atoms with E-state index in [1.807, 2.05) is 0 Å². The van der Waals surface area contributed by atoms with Gasteiger partial charge in [0.05, 0.1) is 29.3 Å². The third kappa shape index (κ3) is 5.76. The maximum absolute atomic E-state index is 15.3. The molecule has 0 saturated carbocycles. The number of ether oxygens (including phenoxy) is 1. The number of allylic oxidation sites excluding steroid dienone is 1.